The number of carbonyl (C=O) groups is 2. The highest BCUT2D eigenvalue weighted by molar-refractivity contribution is 7.84. The Balaban J connectivity index is 0.000000327. The molecule has 2 aromatic rings. The molecule has 2 aliphatic rings. The van der Waals surface area contributed by atoms with Crippen molar-refractivity contribution in [3.05, 3.63) is 59.2 Å². The molecule has 4 heterocycles. The van der Waals surface area contributed by atoms with Crippen LogP contribution in [0.1, 0.15) is 190 Å². The zero-order valence-corrected chi connectivity index (χ0v) is 40.9. The molecule has 0 radical (unpaired) electrons. The molecule has 2 saturated heterocycles. The molecule has 3 N–H and O–H groups in total. The zero-order chi connectivity index (χ0) is 45.3. The normalized spacial score (nSPS) is 19.7. The largest absolute Gasteiger partial charge is 0.444 e. The fourth-order valence-electron chi connectivity index (χ4n) is 7.35. The summed E-state index contributed by atoms with van der Waals surface area (Å²) in [6, 6.07) is 8.23. The minimum Gasteiger partial charge on any atom is -0.444 e. The fraction of sp³-hybridized carbons (Fsp3) is 0.750. The first-order valence-electron chi connectivity index (χ1n) is 22.3. The number of hydrogen-bond acceptors (Lipinski definition) is 8. The Labute approximate surface area is 366 Å². The minimum absolute atomic E-state index is 0.0166. The van der Waals surface area contributed by atoms with Crippen LogP contribution in [0.4, 0.5) is 9.59 Å². The summed E-state index contributed by atoms with van der Waals surface area (Å²) in [6.45, 7) is 33.5. The summed E-state index contributed by atoms with van der Waals surface area (Å²) in [6.07, 6.45) is 11.2. The van der Waals surface area contributed by atoms with Crippen LogP contribution in [0.5, 0.6) is 0 Å². The second-order valence-corrected chi connectivity index (χ2v) is 24.1. The lowest BCUT2D eigenvalue weighted by Gasteiger charge is -2.35. The van der Waals surface area contributed by atoms with Gasteiger partial charge in [-0.15, -0.1) is 0 Å². The Morgan fingerprint density at radius 3 is 1.55 bits per heavy atom. The lowest BCUT2D eigenvalue weighted by atomic mass is 9.86. The number of ether oxygens (including phenoxy) is 2. The first-order chi connectivity index (χ1) is 27.5. The molecule has 11 nitrogen and oxygen atoms in total. The van der Waals surface area contributed by atoms with Crippen molar-refractivity contribution in [3.63, 3.8) is 0 Å². The van der Waals surface area contributed by atoms with E-state index in [4.69, 9.17) is 15.2 Å². The van der Waals surface area contributed by atoms with E-state index in [1.807, 2.05) is 84.5 Å². The van der Waals surface area contributed by atoms with Gasteiger partial charge < -0.3 is 25.0 Å². The van der Waals surface area contributed by atoms with E-state index in [0.717, 1.165) is 82.4 Å². The number of piperidine rings is 2. The van der Waals surface area contributed by atoms with Gasteiger partial charge in [0.25, 0.3) is 0 Å². The van der Waals surface area contributed by atoms with Gasteiger partial charge in [-0.1, -0.05) is 41.5 Å². The molecule has 0 spiro atoms. The second kappa shape index (κ2) is 21.3. The van der Waals surface area contributed by atoms with Crippen LogP contribution < -0.4 is 10.5 Å². The summed E-state index contributed by atoms with van der Waals surface area (Å²) in [5, 5.41) is 0. The fourth-order valence-corrected chi connectivity index (χ4v) is 8.20. The maximum absolute atomic E-state index is 13.0. The number of nitrogens with zero attached hydrogens (tertiary/aromatic N) is 4. The molecule has 340 valence electrons. The van der Waals surface area contributed by atoms with E-state index in [-0.39, 0.29) is 39.8 Å². The molecule has 0 aliphatic carbocycles. The highest BCUT2D eigenvalue weighted by Crippen LogP contribution is 2.31. The van der Waals surface area contributed by atoms with E-state index in [2.05, 4.69) is 80.5 Å². The summed E-state index contributed by atoms with van der Waals surface area (Å²) in [7, 11) is -1.20. The summed E-state index contributed by atoms with van der Waals surface area (Å²) in [5.41, 5.74) is 9.98. The molecule has 2 aliphatic heterocycles. The summed E-state index contributed by atoms with van der Waals surface area (Å²) in [4.78, 5) is 37.7. The van der Waals surface area contributed by atoms with Gasteiger partial charge in [0.15, 0.2) is 0 Å². The maximum Gasteiger partial charge on any atom is 0.410 e. The molecule has 5 atom stereocenters. The number of pyridine rings is 2. The van der Waals surface area contributed by atoms with Crippen LogP contribution in [-0.2, 0) is 31.3 Å². The lowest BCUT2D eigenvalue weighted by molar-refractivity contribution is 0.0150. The predicted octanol–water partition coefficient (Wildman–Crippen LogP) is 10.7. The van der Waals surface area contributed by atoms with Crippen LogP contribution >= 0.6 is 0 Å². The van der Waals surface area contributed by atoms with Gasteiger partial charge in [-0.2, -0.15) is 0 Å². The predicted molar refractivity (Wildman–Crippen MR) is 246 cm³/mol. The highest BCUT2D eigenvalue weighted by Gasteiger charge is 2.31. The first-order valence-corrected chi connectivity index (χ1v) is 23.5. The number of carbonyl (C=O) groups excluding carboxylic acids is 2. The van der Waals surface area contributed by atoms with Crippen molar-refractivity contribution < 1.29 is 23.3 Å². The number of rotatable bonds is 10. The van der Waals surface area contributed by atoms with Crippen LogP contribution in [-0.4, -0.2) is 78.3 Å². The molecular weight excluding hydrogens is 773 g/mol. The Bertz CT molecular complexity index is 1700. The number of amides is 2. The van der Waals surface area contributed by atoms with Crippen LogP contribution in [0.3, 0.4) is 0 Å². The zero-order valence-electron chi connectivity index (χ0n) is 40.1. The van der Waals surface area contributed by atoms with Gasteiger partial charge in [-0.3, -0.25) is 9.97 Å². The van der Waals surface area contributed by atoms with E-state index in [1.165, 1.54) is 11.1 Å². The van der Waals surface area contributed by atoms with Gasteiger partial charge in [0.2, 0.25) is 0 Å². The van der Waals surface area contributed by atoms with Crippen molar-refractivity contribution in [3.8, 4) is 0 Å². The van der Waals surface area contributed by atoms with E-state index < -0.39 is 22.2 Å². The Kier molecular flexibility index (Phi) is 18.2. The Morgan fingerprint density at radius 1 is 0.717 bits per heavy atom. The van der Waals surface area contributed by atoms with Crippen molar-refractivity contribution in [1.29, 1.82) is 0 Å². The van der Waals surface area contributed by atoms with Crippen LogP contribution in [0, 0.1) is 11.8 Å². The monoisotopic (exact) mass is 855 g/mol. The van der Waals surface area contributed by atoms with E-state index in [0.29, 0.717) is 18.4 Å². The third-order valence-corrected chi connectivity index (χ3v) is 12.5. The summed E-state index contributed by atoms with van der Waals surface area (Å²) in [5.74, 6) is 0.868. The second-order valence-electron chi connectivity index (χ2n) is 22.1. The average Bonchev–Trinajstić information content (AvgIpc) is 3.13. The minimum atomic E-state index is -1.20. The molecule has 4 rings (SSSR count). The molecule has 0 aromatic carbocycles. The molecule has 2 fully saturated rings. The molecule has 2 aromatic heterocycles. The van der Waals surface area contributed by atoms with Gasteiger partial charge in [0.05, 0.1) is 33.2 Å². The van der Waals surface area contributed by atoms with Crippen LogP contribution in [0.15, 0.2) is 36.7 Å². The quantitative estimate of drug-likeness (QED) is 0.241. The molecule has 0 bridgehead atoms. The topological polar surface area (TPSA) is 140 Å². The Hall–Kier alpha value is -3.09. The maximum atomic E-state index is 13.0. The highest BCUT2D eigenvalue weighted by atomic mass is 32.2. The van der Waals surface area contributed by atoms with Gasteiger partial charge >= 0.3 is 12.2 Å². The number of likely N-dealkylation sites (tertiary alicyclic amines) is 2. The molecule has 12 heteroatoms. The van der Waals surface area contributed by atoms with Crippen molar-refractivity contribution in [2.75, 3.05) is 26.2 Å². The van der Waals surface area contributed by atoms with Gasteiger partial charge in [0.1, 0.15) is 11.2 Å². The summed E-state index contributed by atoms with van der Waals surface area (Å²) < 4.78 is 27.1. The van der Waals surface area contributed by atoms with Gasteiger partial charge in [-0.05, 0) is 172 Å². The third kappa shape index (κ3) is 17.7. The average molecular weight is 855 g/mol. The van der Waals surface area contributed by atoms with Crippen molar-refractivity contribution in [1.82, 2.24) is 24.5 Å². The molecule has 2 amide bonds. The number of nitrogens with one attached hydrogen (secondary N) is 1. The number of aromatic nitrogens is 2. The van der Waals surface area contributed by atoms with E-state index in [9.17, 15) is 13.8 Å². The number of hydrogen-bond donors (Lipinski definition) is 2. The van der Waals surface area contributed by atoms with E-state index >= 15 is 0 Å². The Morgan fingerprint density at radius 2 is 1.13 bits per heavy atom. The number of nitrogens with two attached hydrogens (primary N) is 1. The third-order valence-electron chi connectivity index (χ3n) is 10.9. The van der Waals surface area contributed by atoms with Gasteiger partial charge in [-0.25, -0.2) is 18.5 Å². The standard InChI is InChI=1S/C26H45N3O3S.C22H37N3O2/c1-24(2,3)20-14-15-27-22(17-20)21(28-33(31)26(7,8)9)13-12-19-11-10-16-29(18-19)23(30)32-25(4,5)6;1-21(2,3)17-11-12-24-19(14-17)18(23)10-9-16-8-7-13-25(15-16)20(26)27-22(4,5)6/h14-15,17,19,21,28H,10-13,16,18H2,1-9H3;11-12,14,16,18H,7-10,13,15,23H2,1-6H3/t19-,21?,33?;16-,18?/m11/s1. The van der Waals surface area contributed by atoms with Crippen LogP contribution in [0.2, 0.25) is 0 Å². The summed E-state index contributed by atoms with van der Waals surface area (Å²) >= 11 is 0. The van der Waals surface area contributed by atoms with Crippen LogP contribution in [0.25, 0.3) is 0 Å². The smallest absolute Gasteiger partial charge is 0.410 e. The molecular formula is C48H82N6O5S. The first kappa shape index (κ1) is 51.3. The van der Waals surface area contributed by atoms with Crippen molar-refractivity contribution in [2.45, 2.75) is 194 Å². The lowest BCUT2D eigenvalue weighted by Crippen LogP contribution is -2.43. The van der Waals surface area contributed by atoms with E-state index in [1.54, 1.807) is 0 Å². The molecule has 3 unspecified atom stereocenters. The SMILES string of the molecule is CC(C)(C)OC(=O)N1CCC[C@H](CCC(N)c2cc(C(C)(C)C)ccn2)C1.CC(C)(C)OC(=O)N1CCC[C@H](CCC(NS(=O)C(C)(C)C)c2cc(C(C)(C)C)ccn2)C1. The van der Waals surface area contributed by atoms with Crippen molar-refractivity contribution >= 4 is 23.2 Å². The van der Waals surface area contributed by atoms with Crippen molar-refractivity contribution in [2.24, 2.45) is 17.6 Å². The van der Waals surface area contributed by atoms with Gasteiger partial charge in [0, 0.05) is 44.6 Å². The molecule has 0 saturated carbocycles. The molecule has 60 heavy (non-hydrogen) atoms.